The molecule has 1 heterocycles. The van der Waals surface area contributed by atoms with Gasteiger partial charge in [0.25, 0.3) is 0 Å². The van der Waals surface area contributed by atoms with Crippen molar-refractivity contribution in [3.63, 3.8) is 0 Å². The fraction of sp³-hybridized carbons (Fsp3) is 0.806. The second kappa shape index (κ2) is 6.84. The van der Waals surface area contributed by atoms with E-state index >= 15 is 0 Å². The van der Waals surface area contributed by atoms with Crippen molar-refractivity contribution in [1.82, 2.24) is 10.2 Å². The molecule has 2 unspecified atom stereocenters. The van der Waals surface area contributed by atoms with Crippen molar-refractivity contribution >= 4 is 5.97 Å². The minimum Gasteiger partial charge on any atom is -0.481 e. The Bertz CT molecular complexity index is 1110. The van der Waals surface area contributed by atoms with Gasteiger partial charge in [-0.25, -0.2) is 0 Å². The second-order valence-electron chi connectivity index (χ2n) is 15.3. The van der Waals surface area contributed by atoms with Crippen LogP contribution in [0.3, 0.4) is 0 Å². The summed E-state index contributed by atoms with van der Waals surface area (Å²) in [5.41, 5.74) is 4.58. The van der Waals surface area contributed by atoms with Crippen LogP contribution in [0.1, 0.15) is 111 Å². The maximum atomic E-state index is 12.8. The third-order valence-corrected chi connectivity index (χ3v) is 13.1. The number of hydrogen-bond acceptors (Lipinski definition) is 2. The van der Waals surface area contributed by atoms with E-state index in [0.29, 0.717) is 11.8 Å². The first-order chi connectivity index (χ1) is 16.2. The zero-order chi connectivity index (χ0) is 25.2. The zero-order valence-electron chi connectivity index (χ0n) is 23.1. The number of H-pyrrole nitrogens is 1. The lowest BCUT2D eigenvalue weighted by atomic mass is 9.33. The zero-order valence-corrected chi connectivity index (χ0v) is 23.1. The van der Waals surface area contributed by atoms with E-state index < -0.39 is 11.4 Å². The predicted octanol–water partition coefficient (Wildman–Crippen LogP) is 7.31. The lowest BCUT2D eigenvalue weighted by molar-refractivity contribution is -0.177. The van der Waals surface area contributed by atoms with Gasteiger partial charge in [-0.1, -0.05) is 60.1 Å². The first-order valence-corrected chi connectivity index (χ1v) is 14.2. The standard InChI is InChI=1S/C31H46N2O2/c1-26(2)12-14-31(25(34)35)15-13-29(6)20(21(31)17-26)8-9-23-28(5)16-19-18-32-33-24(19)27(3,4)22(28)10-11-30(23,29)7/h8,18,21-23H,9-17H2,1-7H3,(H,32,33)(H,34,35)/t21-,22?,23?,28-,29+,30+,31-/m0/s1. The van der Waals surface area contributed by atoms with E-state index in [2.05, 4.69) is 70.9 Å². The molecule has 4 heteroatoms. The van der Waals surface area contributed by atoms with Crippen molar-refractivity contribution in [2.75, 3.05) is 0 Å². The van der Waals surface area contributed by atoms with Crippen LogP contribution in [-0.2, 0) is 16.6 Å². The summed E-state index contributed by atoms with van der Waals surface area (Å²) >= 11 is 0. The SMILES string of the molecule is CC1(C)CC[C@]2(C(=O)O)CC[C@]3(C)C(=CCC4[C@@]5(C)Cc6cn[nH]c6C(C)(C)C5CC[C@]43C)[C@@H]2C1. The number of nitrogens with one attached hydrogen (secondary N) is 1. The molecule has 6 rings (SSSR count). The van der Waals surface area contributed by atoms with E-state index in [0.717, 1.165) is 44.9 Å². The lowest BCUT2D eigenvalue weighted by Gasteiger charge is -2.70. The number of hydrogen-bond donors (Lipinski definition) is 2. The van der Waals surface area contributed by atoms with Crippen molar-refractivity contribution in [2.45, 2.75) is 112 Å². The highest BCUT2D eigenvalue weighted by atomic mass is 16.4. The summed E-state index contributed by atoms with van der Waals surface area (Å²) in [6.07, 6.45) is 14.1. The largest absolute Gasteiger partial charge is 0.481 e. The van der Waals surface area contributed by atoms with Crippen molar-refractivity contribution < 1.29 is 9.90 Å². The molecular weight excluding hydrogens is 432 g/mol. The van der Waals surface area contributed by atoms with Gasteiger partial charge >= 0.3 is 5.97 Å². The molecule has 0 radical (unpaired) electrons. The number of aliphatic carboxylic acids is 1. The number of rotatable bonds is 1. The molecular formula is C31H46N2O2. The number of fused-ring (bicyclic) bond motifs is 8. The molecule has 0 aromatic carbocycles. The number of nitrogens with zero attached hydrogens (tertiary/aromatic N) is 1. The monoisotopic (exact) mass is 478 g/mol. The molecule has 0 saturated heterocycles. The Morgan fingerprint density at radius 2 is 1.71 bits per heavy atom. The second-order valence-corrected chi connectivity index (χ2v) is 15.3. The molecule has 5 aliphatic carbocycles. The average molecular weight is 479 g/mol. The first kappa shape index (κ1) is 23.8. The van der Waals surface area contributed by atoms with Gasteiger partial charge < -0.3 is 5.11 Å². The highest BCUT2D eigenvalue weighted by Crippen LogP contribution is 2.75. The molecule has 0 bridgehead atoms. The Morgan fingerprint density at radius 1 is 1.00 bits per heavy atom. The summed E-state index contributed by atoms with van der Waals surface area (Å²) in [5.74, 6) is 0.896. The van der Waals surface area contributed by atoms with Gasteiger partial charge in [0.05, 0.1) is 11.6 Å². The van der Waals surface area contributed by atoms with E-state index in [4.69, 9.17) is 0 Å². The minimum atomic E-state index is -0.552. The van der Waals surface area contributed by atoms with Crippen molar-refractivity contribution in [1.29, 1.82) is 0 Å². The van der Waals surface area contributed by atoms with Crippen LogP contribution in [0.25, 0.3) is 0 Å². The normalized spacial score (nSPS) is 47.3. The number of aromatic amines is 1. The number of carbonyl (C=O) groups is 1. The summed E-state index contributed by atoms with van der Waals surface area (Å²) in [5, 5.41) is 18.4. The molecule has 0 aliphatic heterocycles. The molecule has 5 aliphatic rings. The van der Waals surface area contributed by atoms with Crippen LogP contribution in [0.5, 0.6) is 0 Å². The van der Waals surface area contributed by atoms with Gasteiger partial charge in [0.15, 0.2) is 0 Å². The van der Waals surface area contributed by atoms with Gasteiger partial charge in [0.1, 0.15) is 0 Å². The molecule has 3 fully saturated rings. The van der Waals surface area contributed by atoms with E-state index in [9.17, 15) is 9.90 Å². The predicted molar refractivity (Wildman–Crippen MR) is 139 cm³/mol. The average Bonchev–Trinajstić information content (AvgIpc) is 3.22. The highest BCUT2D eigenvalue weighted by Gasteiger charge is 2.69. The number of aromatic nitrogens is 2. The smallest absolute Gasteiger partial charge is 0.310 e. The van der Waals surface area contributed by atoms with Gasteiger partial charge in [0.2, 0.25) is 0 Å². The first-order valence-electron chi connectivity index (χ1n) is 14.2. The van der Waals surface area contributed by atoms with Crippen LogP contribution in [0.15, 0.2) is 17.8 Å². The molecule has 192 valence electrons. The summed E-state index contributed by atoms with van der Waals surface area (Å²) in [4.78, 5) is 12.8. The van der Waals surface area contributed by atoms with E-state index in [1.54, 1.807) is 0 Å². The van der Waals surface area contributed by atoms with E-state index in [1.807, 2.05) is 0 Å². The summed E-state index contributed by atoms with van der Waals surface area (Å²) in [7, 11) is 0. The molecule has 7 atom stereocenters. The van der Waals surface area contributed by atoms with E-state index in [1.165, 1.54) is 29.7 Å². The lowest BCUT2D eigenvalue weighted by Crippen LogP contribution is -2.64. The fourth-order valence-electron chi connectivity index (χ4n) is 11.0. The summed E-state index contributed by atoms with van der Waals surface area (Å²) in [6, 6.07) is 0. The van der Waals surface area contributed by atoms with Crippen LogP contribution in [-0.4, -0.2) is 21.3 Å². The fourth-order valence-corrected chi connectivity index (χ4v) is 11.0. The third kappa shape index (κ3) is 2.75. The van der Waals surface area contributed by atoms with Gasteiger partial charge in [-0.2, -0.15) is 5.10 Å². The van der Waals surface area contributed by atoms with Crippen LogP contribution in [0.4, 0.5) is 0 Å². The van der Waals surface area contributed by atoms with Crippen LogP contribution in [0, 0.1) is 44.8 Å². The van der Waals surface area contributed by atoms with Gasteiger partial charge in [-0.05, 0) is 103 Å². The highest BCUT2D eigenvalue weighted by molar-refractivity contribution is 5.76. The topological polar surface area (TPSA) is 66.0 Å². The van der Waals surface area contributed by atoms with E-state index in [-0.39, 0.29) is 33.0 Å². The third-order valence-electron chi connectivity index (χ3n) is 13.1. The van der Waals surface area contributed by atoms with Crippen molar-refractivity contribution in [3.8, 4) is 0 Å². The Hall–Kier alpha value is -1.58. The summed E-state index contributed by atoms with van der Waals surface area (Å²) < 4.78 is 0. The van der Waals surface area contributed by atoms with Gasteiger partial charge in [0, 0.05) is 11.1 Å². The van der Waals surface area contributed by atoms with Crippen molar-refractivity contribution in [2.24, 2.45) is 44.8 Å². The van der Waals surface area contributed by atoms with Gasteiger partial charge in [-0.15, -0.1) is 0 Å². The molecule has 0 amide bonds. The molecule has 2 N–H and O–H groups in total. The Kier molecular flexibility index (Phi) is 4.65. The Morgan fingerprint density at radius 3 is 2.43 bits per heavy atom. The molecule has 3 saturated carbocycles. The number of carboxylic acids is 1. The number of carboxylic acid groups (broad SMARTS) is 1. The Labute approximate surface area is 211 Å². The van der Waals surface area contributed by atoms with Crippen molar-refractivity contribution in [3.05, 3.63) is 29.1 Å². The molecule has 1 aromatic rings. The van der Waals surface area contributed by atoms with Gasteiger partial charge in [-0.3, -0.25) is 9.89 Å². The summed E-state index contributed by atoms with van der Waals surface area (Å²) in [6.45, 7) is 17.3. The molecule has 4 nitrogen and oxygen atoms in total. The number of allylic oxidation sites excluding steroid dienone is 2. The molecule has 0 spiro atoms. The van der Waals surface area contributed by atoms with Crippen LogP contribution in [0.2, 0.25) is 0 Å². The van der Waals surface area contributed by atoms with Crippen LogP contribution >= 0.6 is 0 Å². The maximum Gasteiger partial charge on any atom is 0.310 e. The molecule has 35 heavy (non-hydrogen) atoms. The molecule has 1 aromatic heterocycles. The Balaban J connectivity index is 1.47. The minimum absolute atomic E-state index is 0.0851. The maximum absolute atomic E-state index is 12.8. The quantitative estimate of drug-likeness (QED) is 0.416. The van der Waals surface area contributed by atoms with Crippen LogP contribution < -0.4 is 0 Å².